The van der Waals surface area contributed by atoms with Crippen molar-refractivity contribution < 1.29 is 46.1 Å². The maximum absolute atomic E-state index is 2.67. The third-order valence-corrected chi connectivity index (χ3v) is 16.6. The fraction of sp³-hybridized carbons (Fsp3) is 0.194. The Morgan fingerprint density at radius 3 is 1.49 bits per heavy atom. The van der Waals surface area contributed by atoms with Gasteiger partial charge in [0.05, 0.1) is 0 Å². The van der Waals surface area contributed by atoms with Gasteiger partial charge in [-0.1, -0.05) is 0 Å². The van der Waals surface area contributed by atoms with Gasteiger partial charge in [0.15, 0.2) is 0 Å². The molecule has 2 aliphatic carbocycles. The van der Waals surface area contributed by atoms with E-state index in [0.29, 0.717) is 9.54 Å². The minimum Gasteiger partial charge on any atom is -1.00 e. The summed E-state index contributed by atoms with van der Waals surface area (Å²) in [5.41, 5.74) is 10.3. The topological polar surface area (TPSA) is 0 Å². The van der Waals surface area contributed by atoms with E-state index in [9.17, 15) is 0 Å². The Kier molecular flexibility index (Phi) is 9.17. The summed E-state index contributed by atoms with van der Waals surface area (Å²) in [6.07, 6.45) is 5.17. The second-order valence-electron chi connectivity index (χ2n) is 11.4. The van der Waals surface area contributed by atoms with Gasteiger partial charge in [0.2, 0.25) is 0 Å². The summed E-state index contributed by atoms with van der Waals surface area (Å²) in [6, 6.07) is 40.9. The standard InChI is InChI=1S/C13H9.C13H10.C10H15.2ClH.Zr/c1-3-7-12-10(5-1)9-11-6-2-4-8-13(11)12;1-3-7-12(8-4-1)11-13-9-5-2-6-10-13;1-8-5-6-9(7-8)10(2,3)4;;;/h1-9H;1-10H;6-8H,1-4H3;2*1H;/q;;;;;+2/p-2. The summed E-state index contributed by atoms with van der Waals surface area (Å²) >= 11 is -2.67. The quantitative estimate of drug-likeness (QED) is 0.326. The van der Waals surface area contributed by atoms with Crippen molar-refractivity contribution in [2.45, 2.75) is 31.3 Å². The zero-order chi connectivity index (χ0) is 25.6. The number of allylic oxidation sites excluding steroid dienone is 4. The summed E-state index contributed by atoms with van der Waals surface area (Å²) in [5, 5.41) is 0. The zero-order valence-corrected chi connectivity index (χ0v) is 26.9. The molecule has 0 spiro atoms. The molecule has 0 saturated heterocycles. The molecular weight excluding hydrogens is 595 g/mol. The number of fused-ring (bicyclic) bond motifs is 3. The van der Waals surface area contributed by atoms with Gasteiger partial charge in [0, 0.05) is 0 Å². The number of rotatable bonds is 4. The minimum atomic E-state index is -2.67. The van der Waals surface area contributed by atoms with E-state index in [0.717, 1.165) is 0 Å². The van der Waals surface area contributed by atoms with E-state index < -0.39 is 21.3 Å². The fourth-order valence-corrected chi connectivity index (χ4v) is 15.6. The van der Waals surface area contributed by atoms with Crippen LogP contribution in [0.3, 0.4) is 0 Å². The summed E-state index contributed by atoms with van der Waals surface area (Å²) in [5.74, 6) is 0.464. The Morgan fingerprint density at radius 1 is 0.615 bits per heavy atom. The molecule has 39 heavy (non-hydrogen) atoms. The van der Waals surface area contributed by atoms with Crippen LogP contribution >= 0.6 is 0 Å². The fourth-order valence-electron chi connectivity index (χ4n) is 6.10. The Morgan fingerprint density at radius 2 is 1.05 bits per heavy atom. The third-order valence-electron chi connectivity index (χ3n) is 7.92. The van der Waals surface area contributed by atoms with E-state index in [4.69, 9.17) is 0 Å². The van der Waals surface area contributed by atoms with Gasteiger partial charge < -0.3 is 24.8 Å². The first-order valence-corrected chi connectivity index (χ1v) is 17.3. The van der Waals surface area contributed by atoms with Crippen LogP contribution in [0.15, 0.2) is 130 Å². The number of hydrogen-bond acceptors (Lipinski definition) is 0. The Labute approximate surface area is 253 Å². The van der Waals surface area contributed by atoms with Gasteiger partial charge in [-0.05, 0) is 0 Å². The van der Waals surface area contributed by atoms with Gasteiger partial charge >= 0.3 is 231 Å². The van der Waals surface area contributed by atoms with E-state index in [2.05, 4.69) is 149 Å². The first-order chi connectivity index (χ1) is 17.9. The third kappa shape index (κ3) is 5.52. The van der Waals surface area contributed by atoms with Crippen molar-refractivity contribution in [2.24, 2.45) is 11.3 Å². The molecule has 0 bridgehead atoms. The SMILES string of the molecule is CC1C=C(C(C)(C)C)C=[C]1[Zr+2](=[C](c1ccccc1)c1ccccc1)[CH]1c2ccccc2-c2ccccc21.[Cl-].[Cl-]. The average Bonchev–Trinajstić information content (AvgIpc) is 3.47. The average molecular weight is 629 g/mol. The van der Waals surface area contributed by atoms with Gasteiger partial charge in [-0.25, -0.2) is 0 Å². The van der Waals surface area contributed by atoms with Crippen molar-refractivity contribution in [3.8, 4) is 11.1 Å². The van der Waals surface area contributed by atoms with Gasteiger partial charge in [0.25, 0.3) is 0 Å². The summed E-state index contributed by atoms with van der Waals surface area (Å²) in [7, 11) is 0. The van der Waals surface area contributed by atoms with E-state index in [-0.39, 0.29) is 30.2 Å². The molecule has 4 aromatic rings. The van der Waals surface area contributed by atoms with Crippen LogP contribution < -0.4 is 24.8 Å². The van der Waals surface area contributed by atoms with Crippen molar-refractivity contribution in [1.29, 1.82) is 0 Å². The van der Waals surface area contributed by atoms with Crippen LogP contribution in [-0.4, -0.2) is 3.21 Å². The molecule has 0 amide bonds. The van der Waals surface area contributed by atoms with E-state index in [1.54, 1.807) is 6.49 Å². The minimum absolute atomic E-state index is 0. The molecule has 4 aromatic carbocycles. The molecule has 0 aromatic heterocycles. The molecule has 0 radical (unpaired) electrons. The molecule has 0 saturated carbocycles. The molecule has 1 unspecified atom stereocenters. The molecule has 0 aliphatic heterocycles. The molecule has 0 N–H and O–H groups in total. The molecule has 196 valence electrons. The largest absolute Gasteiger partial charge is 1.00 e. The van der Waals surface area contributed by atoms with Gasteiger partial charge in [-0.3, -0.25) is 0 Å². The van der Waals surface area contributed by atoms with Crippen LogP contribution in [0.1, 0.15) is 53.6 Å². The predicted molar refractivity (Wildman–Crippen MR) is 155 cm³/mol. The molecule has 0 fully saturated rings. The van der Waals surface area contributed by atoms with Crippen LogP contribution in [0.4, 0.5) is 0 Å². The van der Waals surface area contributed by atoms with Gasteiger partial charge in [-0.15, -0.1) is 0 Å². The molecule has 0 heterocycles. The zero-order valence-electron chi connectivity index (χ0n) is 23.0. The van der Waals surface area contributed by atoms with Gasteiger partial charge in [0.1, 0.15) is 0 Å². The number of halogens is 2. The Bertz CT molecular complexity index is 1470. The first-order valence-electron chi connectivity index (χ1n) is 13.4. The van der Waals surface area contributed by atoms with E-state index in [1.165, 1.54) is 39.0 Å². The smallest absolute Gasteiger partial charge is 1.00 e. The molecule has 0 nitrogen and oxygen atoms in total. The Balaban J connectivity index is 0.00000176. The number of hydrogen-bond donors (Lipinski definition) is 0. The molecule has 2 aliphatic rings. The van der Waals surface area contributed by atoms with Crippen molar-refractivity contribution in [2.75, 3.05) is 0 Å². The summed E-state index contributed by atoms with van der Waals surface area (Å²) < 4.78 is 3.78. The first kappa shape index (κ1) is 29.7. The van der Waals surface area contributed by atoms with Crippen LogP contribution in [0, 0.1) is 11.3 Å². The van der Waals surface area contributed by atoms with Crippen LogP contribution in [0.5, 0.6) is 0 Å². The summed E-state index contributed by atoms with van der Waals surface area (Å²) in [4.78, 5) is 0. The second kappa shape index (κ2) is 12.1. The molecular formula is C36H34Cl2Zr. The van der Waals surface area contributed by atoms with E-state index in [1.807, 2.05) is 0 Å². The van der Waals surface area contributed by atoms with Crippen molar-refractivity contribution >= 4 is 3.21 Å². The van der Waals surface area contributed by atoms with Crippen LogP contribution in [-0.2, 0) is 21.3 Å². The molecule has 6 rings (SSSR count). The molecule has 3 heteroatoms. The maximum atomic E-state index is 2.62. The summed E-state index contributed by atoms with van der Waals surface area (Å²) in [6.45, 7) is 9.50. The second-order valence-corrected chi connectivity index (χ2v) is 17.5. The van der Waals surface area contributed by atoms with Crippen LogP contribution in [0.25, 0.3) is 11.1 Å². The van der Waals surface area contributed by atoms with Crippen molar-refractivity contribution in [3.05, 3.63) is 152 Å². The predicted octanol–water partition coefficient (Wildman–Crippen LogP) is 3.16. The Hall–Kier alpha value is -2.31. The normalized spacial score (nSPS) is 15.5. The maximum Gasteiger partial charge on any atom is -1.00 e. The van der Waals surface area contributed by atoms with Gasteiger partial charge in [-0.2, -0.15) is 0 Å². The molecule has 1 atom stereocenters. The van der Waals surface area contributed by atoms with Crippen molar-refractivity contribution in [1.82, 2.24) is 0 Å². The monoisotopic (exact) mass is 626 g/mol. The van der Waals surface area contributed by atoms with Crippen molar-refractivity contribution in [3.63, 3.8) is 0 Å². The number of benzene rings is 4. The van der Waals surface area contributed by atoms with E-state index >= 15 is 0 Å². The van der Waals surface area contributed by atoms with Crippen LogP contribution in [0.2, 0.25) is 0 Å².